The second kappa shape index (κ2) is 5.33. The Morgan fingerprint density at radius 3 is 2.53 bits per heavy atom. The number of nitrogens with one attached hydrogen (secondary N) is 1. The predicted octanol–water partition coefficient (Wildman–Crippen LogP) is 2.66. The molecule has 2 aromatic rings. The fraction of sp³-hybridized carbons (Fsp3) is 0.250. The molecule has 0 atom stereocenters. The summed E-state index contributed by atoms with van der Waals surface area (Å²) in [5.74, 6) is 1.47. The summed E-state index contributed by atoms with van der Waals surface area (Å²) < 4.78 is 5.68. The number of benzene rings is 2. The molecule has 0 radical (unpaired) electrons. The van der Waals surface area contributed by atoms with Crippen LogP contribution in [0.2, 0.25) is 0 Å². The summed E-state index contributed by atoms with van der Waals surface area (Å²) in [7, 11) is 0. The SMILES string of the molecule is Oc1cc(OCc2ccccc2)ccc1C1CNC1. The van der Waals surface area contributed by atoms with Gasteiger partial charge in [0.15, 0.2) is 0 Å². The maximum atomic E-state index is 10.0. The maximum absolute atomic E-state index is 10.0. The van der Waals surface area contributed by atoms with Gasteiger partial charge in [-0.2, -0.15) is 0 Å². The number of phenolic OH excluding ortho intramolecular Hbond substituents is 1. The molecule has 0 aliphatic carbocycles. The van der Waals surface area contributed by atoms with Crippen LogP contribution in [-0.2, 0) is 6.61 Å². The first-order valence-electron chi connectivity index (χ1n) is 6.53. The van der Waals surface area contributed by atoms with Gasteiger partial charge in [-0.15, -0.1) is 0 Å². The minimum Gasteiger partial charge on any atom is -0.508 e. The molecular formula is C16H17NO2. The van der Waals surface area contributed by atoms with E-state index in [9.17, 15) is 5.11 Å². The average molecular weight is 255 g/mol. The number of hydrogen-bond donors (Lipinski definition) is 2. The molecule has 0 spiro atoms. The van der Waals surface area contributed by atoms with E-state index in [4.69, 9.17) is 4.74 Å². The first-order valence-corrected chi connectivity index (χ1v) is 6.53. The number of phenols is 1. The summed E-state index contributed by atoms with van der Waals surface area (Å²) in [4.78, 5) is 0. The van der Waals surface area contributed by atoms with Crippen LogP contribution in [0.25, 0.3) is 0 Å². The van der Waals surface area contributed by atoms with E-state index in [1.165, 1.54) is 0 Å². The molecule has 1 heterocycles. The second-order valence-corrected chi connectivity index (χ2v) is 4.85. The van der Waals surface area contributed by atoms with Crippen molar-refractivity contribution in [1.29, 1.82) is 0 Å². The lowest BCUT2D eigenvalue weighted by atomic mass is 9.93. The zero-order valence-corrected chi connectivity index (χ0v) is 10.7. The monoisotopic (exact) mass is 255 g/mol. The number of aromatic hydroxyl groups is 1. The van der Waals surface area contributed by atoms with Crippen LogP contribution < -0.4 is 10.1 Å². The van der Waals surface area contributed by atoms with Gasteiger partial charge in [0.2, 0.25) is 0 Å². The first kappa shape index (κ1) is 12.1. The Hall–Kier alpha value is -2.00. The summed E-state index contributed by atoms with van der Waals surface area (Å²) in [6, 6.07) is 15.6. The van der Waals surface area contributed by atoms with Crippen LogP contribution >= 0.6 is 0 Å². The third-order valence-electron chi connectivity index (χ3n) is 3.47. The van der Waals surface area contributed by atoms with E-state index in [0.717, 1.165) is 24.2 Å². The Bertz CT molecular complexity index is 550. The van der Waals surface area contributed by atoms with Gasteiger partial charge < -0.3 is 15.2 Å². The molecule has 3 rings (SSSR count). The van der Waals surface area contributed by atoms with Gasteiger partial charge in [0, 0.05) is 25.1 Å². The Labute approximate surface area is 112 Å². The van der Waals surface area contributed by atoms with Gasteiger partial charge in [0.25, 0.3) is 0 Å². The predicted molar refractivity (Wildman–Crippen MR) is 74.5 cm³/mol. The van der Waals surface area contributed by atoms with Crippen molar-refractivity contribution in [3.05, 3.63) is 59.7 Å². The van der Waals surface area contributed by atoms with Crippen molar-refractivity contribution in [3.63, 3.8) is 0 Å². The Morgan fingerprint density at radius 2 is 1.89 bits per heavy atom. The minimum absolute atomic E-state index is 0.331. The highest BCUT2D eigenvalue weighted by atomic mass is 16.5. The third-order valence-corrected chi connectivity index (χ3v) is 3.47. The molecule has 0 bridgehead atoms. The van der Waals surface area contributed by atoms with E-state index in [0.29, 0.717) is 24.0 Å². The van der Waals surface area contributed by atoms with Crippen LogP contribution in [-0.4, -0.2) is 18.2 Å². The molecule has 19 heavy (non-hydrogen) atoms. The Balaban J connectivity index is 1.67. The summed E-state index contributed by atoms with van der Waals surface area (Å²) in [6.07, 6.45) is 0. The molecule has 1 aliphatic heterocycles. The molecule has 0 aromatic heterocycles. The van der Waals surface area contributed by atoms with Crippen molar-refractivity contribution < 1.29 is 9.84 Å². The lowest BCUT2D eigenvalue weighted by molar-refractivity contribution is 0.303. The first-order chi connectivity index (χ1) is 9.33. The van der Waals surface area contributed by atoms with E-state index in [1.807, 2.05) is 42.5 Å². The van der Waals surface area contributed by atoms with Crippen molar-refractivity contribution >= 4 is 0 Å². The number of ether oxygens (including phenoxy) is 1. The highest BCUT2D eigenvalue weighted by Crippen LogP contribution is 2.31. The molecule has 3 nitrogen and oxygen atoms in total. The zero-order chi connectivity index (χ0) is 13.1. The van der Waals surface area contributed by atoms with Crippen molar-refractivity contribution in [3.8, 4) is 11.5 Å². The van der Waals surface area contributed by atoms with Crippen LogP contribution in [0.1, 0.15) is 17.0 Å². The van der Waals surface area contributed by atoms with E-state index in [-0.39, 0.29) is 0 Å². The molecule has 3 heteroatoms. The van der Waals surface area contributed by atoms with Gasteiger partial charge in [-0.3, -0.25) is 0 Å². The summed E-state index contributed by atoms with van der Waals surface area (Å²) >= 11 is 0. The minimum atomic E-state index is 0.331. The van der Waals surface area contributed by atoms with Gasteiger partial charge in [0.1, 0.15) is 18.1 Å². The molecule has 1 fully saturated rings. The molecule has 98 valence electrons. The lowest BCUT2D eigenvalue weighted by Gasteiger charge is -2.28. The fourth-order valence-corrected chi connectivity index (χ4v) is 2.21. The van der Waals surface area contributed by atoms with E-state index < -0.39 is 0 Å². The summed E-state index contributed by atoms with van der Waals surface area (Å²) in [5, 5.41) is 13.2. The maximum Gasteiger partial charge on any atom is 0.123 e. The average Bonchev–Trinajstić information content (AvgIpc) is 2.38. The molecule has 0 unspecified atom stereocenters. The smallest absolute Gasteiger partial charge is 0.123 e. The molecule has 2 N–H and O–H groups in total. The second-order valence-electron chi connectivity index (χ2n) is 4.85. The standard InChI is InChI=1S/C16H17NO2/c18-16-8-14(6-7-15(16)13-9-17-10-13)19-11-12-4-2-1-3-5-12/h1-8,13,17-18H,9-11H2. The Morgan fingerprint density at radius 1 is 1.11 bits per heavy atom. The van der Waals surface area contributed by atoms with Crippen LogP contribution in [0.3, 0.4) is 0 Å². The summed E-state index contributed by atoms with van der Waals surface area (Å²) in [6.45, 7) is 2.40. The largest absolute Gasteiger partial charge is 0.508 e. The van der Waals surface area contributed by atoms with Gasteiger partial charge in [-0.05, 0) is 17.2 Å². The summed E-state index contributed by atoms with van der Waals surface area (Å²) in [5.41, 5.74) is 2.13. The molecular weight excluding hydrogens is 238 g/mol. The van der Waals surface area contributed by atoms with Crippen molar-refractivity contribution in [2.24, 2.45) is 0 Å². The van der Waals surface area contributed by atoms with Crippen LogP contribution in [0.15, 0.2) is 48.5 Å². The van der Waals surface area contributed by atoms with Crippen molar-refractivity contribution in [1.82, 2.24) is 5.32 Å². The highest BCUT2D eigenvalue weighted by molar-refractivity contribution is 5.42. The molecule has 1 saturated heterocycles. The zero-order valence-electron chi connectivity index (χ0n) is 10.7. The van der Waals surface area contributed by atoms with Gasteiger partial charge in [0.05, 0.1) is 0 Å². The molecule has 0 amide bonds. The number of rotatable bonds is 4. The van der Waals surface area contributed by atoms with E-state index in [2.05, 4.69) is 5.32 Å². The van der Waals surface area contributed by atoms with Gasteiger partial charge in [-0.25, -0.2) is 0 Å². The van der Waals surface area contributed by atoms with E-state index >= 15 is 0 Å². The quantitative estimate of drug-likeness (QED) is 0.882. The normalized spacial score (nSPS) is 14.9. The van der Waals surface area contributed by atoms with Crippen molar-refractivity contribution in [2.75, 3.05) is 13.1 Å². The van der Waals surface area contributed by atoms with Gasteiger partial charge in [-0.1, -0.05) is 36.4 Å². The Kier molecular flexibility index (Phi) is 3.38. The third kappa shape index (κ3) is 2.71. The lowest BCUT2D eigenvalue weighted by Crippen LogP contribution is -2.39. The molecule has 0 saturated carbocycles. The van der Waals surface area contributed by atoms with Crippen LogP contribution in [0.5, 0.6) is 11.5 Å². The van der Waals surface area contributed by atoms with E-state index in [1.54, 1.807) is 6.07 Å². The molecule has 2 aromatic carbocycles. The topological polar surface area (TPSA) is 41.5 Å². The van der Waals surface area contributed by atoms with Gasteiger partial charge >= 0.3 is 0 Å². The van der Waals surface area contributed by atoms with Crippen LogP contribution in [0.4, 0.5) is 0 Å². The fourth-order valence-electron chi connectivity index (χ4n) is 2.21. The van der Waals surface area contributed by atoms with Crippen molar-refractivity contribution in [2.45, 2.75) is 12.5 Å². The molecule has 1 aliphatic rings. The van der Waals surface area contributed by atoms with Crippen LogP contribution in [0, 0.1) is 0 Å². The highest BCUT2D eigenvalue weighted by Gasteiger charge is 2.21. The number of hydrogen-bond acceptors (Lipinski definition) is 3.